The summed E-state index contributed by atoms with van der Waals surface area (Å²) in [6, 6.07) is 0. The van der Waals surface area contributed by atoms with E-state index in [1.54, 1.807) is 0 Å². The molecule has 0 amide bonds. The van der Waals surface area contributed by atoms with E-state index < -0.39 is 0 Å². The zero-order valence-corrected chi connectivity index (χ0v) is 13.5. The Labute approximate surface area is 122 Å². The van der Waals surface area contributed by atoms with E-state index in [4.69, 9.17) is 0 Å². The van der Waals surface area contributed by atoms with Crippen LogP contribution >= 0.6 is 0 Å². The summed E-state index contributed by atoms with van der Waals surface area (Å²) in [5.41, 5.74) is 0. The second-order valence-corrected chi connectivity index (χ2v) is 5.10. The van der Waals surface area contributed by atoms with Crippen molar-refractivity contribution in [1.82, 2.24) is 15.0 Å². The molecule has 0 spiro atoms. The predicted molar refractivity (Wildman–Crippen MR) is 85.7 cm³/mol. The molecule has 1 heterocycles. The minimum atomic E-state index is 0.622. The first-order chi connectivity index (χ1) is 9.62. The van der Waals surface area contributed by atoms with Crippen LogP contribution < -0.4 is 15.1 Å². The molecule has 0 aliphatic heterocycles. The van der Waals surface area contributed by atoms with Gasteiger partial charge in [0.05, 0.1) is 0 Å². The van der Waals surface area contributed by atoms with Crippen LogP contribution in [0, 0.1) is 0 Å². The summed E-state index contributed by atoms with van der Waals surface area (Å²) in [7, 11) is 5.73. The van der Waals surface area contributed by atoms with Gasteiger partial charge in [0.15, 0.2) is 0 Å². The van der Waals surface area contributed by atoms with Crippen molar-refractivity contribution in [3.8, 4) is 0 Å². The lowest BCUT2D eigenvalue weighted by Gasteiger charge is -2.23. The van der Waals surface area contributed by atoms with Crippen molar-refractivity contribution < 1.29 is 0 Å². The standard InChI is InChI=1S/C14H28N6/c1-6-8-10-20(11-9-7-2)14-17-12(15-3)16-13(18-14)19(4)5/h6-11H2,1-5H3,(H,15,16,17,18). The molecule has 0 saturated heterocycles. The Morgan fingerprint density at radius 2 is 1.45 bits per heavy atom. The summed E-state index contributed by atoms with van der Waals surface area (Å²) in [4.78, 5) is 17.6. The third-order valence-electron chi connectivity index (χ3n) is 3.08. The molecular weight excluding hydrogens is 252 g/mol. The van der Waals surface area contributed by atoms with Crippen molar-refractivity contribution in [3.63, 3.8) is 0 Å². The van der Waals surface area contributed by atoms with E-state index >= 15 is 0 Å². The fourth-order valence-corrected chi connectivity index (χ4v) is 1.82. The lowest BCUT2D eigenvalue weighted by Crippen LogP contribution is -2.29. The smallest absolute Gasteiger partial charge is 0.231 e. The lowest BCUT2D eigenvalue weighted by atomic mass is 10.3. The second-order valence-electron chi connectivity index (χ2n) is 5.10. The quantitative estimate of drug-likeness (QED) is 0.749. The first-order valence-electron chi connectivity index (χ1n) is 7.48. The van der Waals surface area contributed by atoms with Crippen LogP contribution in [-0.2, 0) is 0 Å². The Bertz CT molecular complexity index is 385. The Morgan fingerprint density at radius 1 is 0.900 bits per heavy atom. The van der Waals surface area contributed by atoms with Crippen LogP contribution in [0.3, 0.4) is 0 Å². The summed E-state index contributed by atoms with van der Waals surface area (Å²) < 4.78 is 0. The largest absolute Gasteiger partial charge is 0.357 e. The van der Waals surface area contributed by atoms with Gasteiger partial charge < -0.3 is 15.1 Å². The van der Waals surface area contributed by atoms with Crippen molar-refractivity contribution >= 4 is 17.8 Å². The maximum Gasteiger partial charge on any atom is 0.231 e. The van der Waals surface area contributed by atoms with Gasteiger partial charge in [-0.3, -0.25) is 0 Å². The molecule has 0 aromatic carbocycles. The van der Waals surface area contributed by atoms with Gasteiger partial charge in [0.2, 0.25) is 17.8 Å². The number of nitrogens with one attached hydrogen (secondary N) is 1. The van der Waals surface area contributed by atoms with Crippen LogP contribution in [0.4, 0.5) is 17.8 Å². The van der Waals surface area contributed by atoms with Crippen molar-refractivity contribution in [3.05, 3.63) is 0 Å². The topological polar surface area (TPSA) is 57.2 Å². The van der Waals surface area contributed by atoms with Gasteiger partial charge in [-0.05, 0) is 12.8 Å². The number of rotatable bonds is 9. The van der Waals surface area contributed by atoms with E-state index in [0.717, 1.165) is 31.9 Å². The average molecular weight is 280 g/mol. The third-order valence-corrected chi connectivity index (χ3v) is 3.08. The number of hydrogen-bond donors (Lipinski definition) is 1. The molecule has 0 saturated carbocycles. The minimum absolute atomic E-state index is 0.622. The molecule has 1 aromatic heterocycles. The van der Waals surface area contributed by atoms with Gasteiger partial charge in [-0.15, -0.1) is 0 Å². The van der Waals surface area contributed by atoms with E-state index in [1.807, 2.05) is 26.0 Å². The Kier molecular flexibility index (Phi) is 7.04. The highest BCUT2D eigenvalue weighted by Crippen LogP contribution is 2.16. The molecule has 0 atom stereocenters. The molecule has 0 fully saturated rings. The molecule has 1 aromatic rings. The lowest BCUT2D eigenvalue weighted by molar-refractivity contribution is 0.661. The van der Waals surface area contributed by atoms with Crippen LogP contribution in [0.1, 0.15) is 39.5 Å². The van der Waals surface area contributed by atoms with Gasteiger partial charge >= 0.3 is 0 Å². The summed E-state index contributed by atoms with van der Waals surface area (Å²) in [6.45, 7) is 6.40. The number of hydrogen-bond acceptors (Lipinski definition) is 6. The highest BCUT2D eigenvalue weighted by Gasteiger charge is 2.13. The molecule has 0 aliphatic carbocycles. The van der Waals surface area contributed by atoms with Crippen LogP contribution in [0.5, 0.6) is 0 Å². The number of anilines is 3. The molecule has 0 unspecified atom stereocenters. The summed E-state index contributed by atoms with van der Waals surface area (Å²) in [5, 5.41) is 3.01. The van der Waals surface area contributed by atoms with E-state index in [1.165, 1.54) is 12.8 Å². The van der Waals surface area contributed by atoms with Gasteiger partial charge in [0, 0.05) is 34.2 Å². The van der Waals surface area contributed by atoms with Gasteiger partial charge in [-0.1, -0.05) is 26.7 Å². The minimum Gasteiger partial charge on any atom is -0.357 e. The SMILES string of the molecule is CCCCN(CCCC)c1nc(NC)nc(N(C)C)n1. The van der Waals surface area contributed by atoms with Gasteiger partial charge in [0.1, 0.15) is 0 Å². The van der Waals surface area contributed by atoms with E-state index in [2.05, 4.69) is 39.0 Å². The van der Waals surface area contributed by atoms with Crippen molar-refractivity contribution in [2.45, 2.75) is 39.5 Å². The zero-order chi connectivity index (χ0) is 15.0. The fourth-order valence-electron chi connectivity index (χ4n) is 1.82. The normalized spacial score (nSPS) is 10.4. The van der Waals surface area contributed by atoms with Crippen molar-refractivity contribution in [1.29, 1.82) is 0 Å². The molecule has 1 N–H and O–H groups in total. The molecule has 0 bridgehead atoms. The number of unbranched alkanes of at least 4 members (excludes halogenated alkanes) is 2. The molecule has 6 nitrogen and oxygen atoms in total. The highest BCUT2D eigenvalue weighted by molar-refractivity contribution is 5.44. The highest BCUT2D eigenvalue weighted by atomic mass is 15.3. The molecular formula is C14H28N6. The van der Waals surface area contributed by atoms with E-state index in [0.29, 0.717) is 11.9 Å². The van der Waals surface area contributed by atoms with E-state index in [-0.39, 0.29) is 0 Å². The maximum atomic E-state index is 4.58. The molecule has 0 aliphatic rings. The molecule has 20 heavy (non-hydrogen) atoms. The van der Waals surface area contributed by atoms with Crippen molar-refractivity contribution in [2.75, 3.05) is 49.3 Å². The summed E-state index contributed by atoms with van der Waals surface area (Å²) in [5.74, 6) is 2.09. The number of nitrogens with zero attached hydrogens (tertiary/aromatic N) is 5. The number of aromatic nitrogens is 3. The Balaban J connectivity index is 2.99. The second kappa shape index (κ2) is 8.55. The maximum absolute atomic E-state index is 4.58. The van der Waals surface area contributed by atoms with Gasteiger partial charge in [0.25, 0.3) is 0 Å². The zero-order valence-electron chi connectivity index (χ0n) is 13.5. The molecule has 1 rings (SSSR count). The molecule has 0 radical (unpaired) electrons. The fraction of sp³-hybridized carbons (Fsp3) is 0.786. The van der Waals surface area contributed by atoms with Gasteiger partial charge in [-0.25, -0.2) is 0 Å². The Morgan fingerprint density at radius 3 is 1.90 bits per heavy atom. The average Bonchev–Trinajstić information content (AvgIpc) is 2.46. The Hall–Kier alpha value is -1.59. The van der Waals surface area contributed by atoms with Gasteiger partial charge in [-0.2, -0.15) is 15.0 Å². The first kappa shape index (κ1) is 16.5. The molecule has 114 valence electrons. The monoisotopic (exact) mass is 280 g/mol. The van der Waals surface area contributed by atoms with E-state index in [9.17, 15) is 0 Å². The third kappa shape index (κ3) is 4.83. The predicted octanol–water partition coefficient (Wildman–Crippen LogP) is 2.39. The van der Waals surface area contributed by atoms with Crippen LogP contribution in [0.2, 0.25) is 0 Å². The van der Waals surface area contributed by atoms with Crippen LogP contribution in [0.25, 0.3) is 0 Å². The van der Waals surface area contributed by atoms with Crippen LogP contribution in [-0.4, -0.2) is 49.2 Å². The van der Waals surface area contributed by atoms with Crippen molar-refractivity contribution in [2.24, 2.45) is 0 Å². The molecule has 6 heteroatoms. The van der Waals surface area contributed by atoms with Crippen LogP contribution in [0.15, 0.2) is 0 Å². The summed E-state index contributed by atoms with van der Waals surface area (Å²) in [6.07, 6.45) is 4.66. The summed E-state index contributed by atoms with van der Waals surface area (Å²) >= 11 is 0. The first-order valence-corrected chi connectivity index (χ1v) is 7.48.